The van der Waals surface area contributed by atoms with Gasteiger partial charge < -0.3 is 9.84 Å². The van der Waals surface area contributed by atoms with Crippen molar-refractivity contribution in [2.24, 2.45) is 0 Å². The van der Waals surface area contributed by atoms with E-state index in [2.05, 4.69) is 4.98 Å². The number of para-hydroxylation sites is 1. The number of carbonyl (C=O) groups is 3. The van der Waals surface area contributed by atoms with Crippen molar-refractivity contribution >= 4 is 40.1 Å². The number of hydrogen-bond donors (Lipinski definition) is 1. The van der Waals surface area contributed by atoms with Crippen LogP contribution in [0, 0.1) is 0 Å². The Morgan fingerprint density at radius 1 is 1.19 bits per heavy atom. The summed E-state index contributed by atoms with van der Waals surface area (Å²) >= 11 is 0.950. The van der Waals surface area contributed by atoms with Gasteiger partial charge in [-0.05, 0) is 26.8 Å². The van der Waals surface area contributed by atoms with Crippen LogP contribution < -0.4 is 0 Å². The Bertz CT molecular complexity index is 1030. The maximum atomic E-state index is 12.9. The SMILES string of the molecule is CC(C)(C)OC(=O)n1cc(C(=O)c2scnc2C(=O)O)c2ccccc21. The van der Waals surface area contributed by atoms with Crippen LogP contribution in [0.3, 0.4) is 0 Å². The number of aromatic carboxylic acids is 1. The first-order valence-corrected chi connectivity index (χ1v) is 8.62. The highest BCUT2D eigenvalue weighted by molar-refractivity contribution is 7.12. The number of carboxylic acid groups (broad SMARTS) is 1. The summed E-state index contributed by atoms with van der Waals surface area (Å²) in [6.07, 6.45) is 0.766. The summed E-state index contributed by atoms with van der Waals surface area (Å²) in [5, 5.41) is 9.73. The Kier molecular flexibility index (Phi) is 4.37. The molecule has 0 saturated heterocycles. The molecule has 1 aromatic carbocycles. The van der Waals surface area contributed by atoms with Gasteiger partial charge in [0.1, 0.15) is 10.5 Å². The maximum absolute atomic E-state index is 12.9. The van der Waals surface area contributed by atoms with Crippen LogP contribution in [0.1, 0.15) is 46.5 Å². The fraction of sp³-hybridized carbons (Fsp3) is 0.222. The number of carboxylic acids is 1. The van der Waals surface area contributed by atoms with Gasteiger partial charge in [-0.3, -0.25) is 9.36 Å². The zero-order chi connectivity index (χ0) is 19.1. The van der Waals surface area contributed by atoms with Crippen LogP contribution in [-0.4, -0.2) is 38.1 Å². The standard InChI is InChI=1S/C18H16N2O5S/c1-18(2,3)25-17(24)20-8-11(10-6-4-5-7-12(10)20)14(21)15-13(16(22)23)19-9-26-15/h4-9H,1-3H3,(H,22,23). The van der Waals surface area contributed by atoms with Crippen LogP contribution in [0.2, 0.25) is 0 Å². The van der Waals surface area contributed by atoms with Crippen molar-refractivity contribution in [3.05, 3.63) is 52.1 Å². The van der Waals surface area contributed by atoms with E-state index in [1.807, 2.05) is 0 Å². The number of aromatic nitrogens is 2. The average Bonchev–Trinajstić information content (AvgIpc) is 3.18. The Morgan fingerprint density at radius 2 is 1.88 bits per heavy atom. The Hall–Kier alpha value is -3.00. The van der Waals surface area contributed by atoms with E-state index >= 15 is 0 Å². The first-order chi connectivity index (χ1) is 12.2. The number of hydrogen-bond acceptors (Lipinski definition) is 6. The van der Waals surface area contributed by atoms with Crippen LogP contribution in [0.15, 0.2) is 36.0 Å². The van der Waals surface area contributed by atoms with E-state index < -0.39 is 23.4 Å². The molecule has 0 bridgehead atoms. The maximum Gasteiger partial charge on any atom is 0.419 e. The molecule has 0 radical (unpaired) electrons. The largest absolute Gasteiger partial charge is 0.476 e. The molecule has 2 heterocycles. The highest BCUT2D eigenvalue weighted by Crippen LogP contribution is 2.27. The van der Waals surface area contributed by atoms with Crippen molar-refractivity contribution in [2.75, 3.05) is 0 Å². The van der Waals surface area contributed by atoms with Crippen molar-refractivity contribution in [1.29, 1.82) is 0 Å². The predicted octanol–water partition coefficient (Wildman–Crippen LogP) is 3.81. The van der Waals surface area contributed by atoms with Gasteiger partial charge in [0, 0.05) is 17.1 Å². The van der Waals surface area contributed by atoms with E-state index in [1.165, 1.54) is 16.3 Å². The molecule has 0 amide bonds. The number of fused-ring (bicyclic) bond motifs is 1. The lowest BCUT2D eigenvalue weighted by molar-refractivity contribution is 0.0543. The highest BCUT2D eigenvalue weighted by atomic mass is 32.1. The summed E-state index contributed by atoms with van der Waals surface area (Å²) in [6.45, 7) is 5.25. The van der Waals surface area contributed by atoms with Crippen LogP contribution in [0.25, 0.3) is 10.9 Å². The molecule has 0 aliphatic carbocycles. The zero-order valence-corrected chi connectivity index (χ0v) is 15.2. The first-order valence-electron chi connectivity index (χ1n) is 7.74. The molecule has 0 fully saturated rings. The number of thiazole rings is 1. The number of carbonyl (C=O) groups excluding carboxylic acids is 2. The number of benzene rings is 1. The van der Waals surface area contributed by atoms with Gasteiger partial charge in [0.05, 0.1) is 11.0 Å². The summed E-state index contributed by atoms with van der Waals surface area (Å²) in [6, 6.07) is 6.88. The molecular formula is C18H16N2O5S. The molecule has 7 nitrogen and oxygen atoms in total. The smallest absolute Gasteiger partial charge is 0.419 e. The van der Waals surface area contributed by atoms with Gasteiger partial charge in [0.2, 0.25) is 5.78 Å². The quantitative estimate of drug-likeness (QED) is 0.702. The van der Waals surface area contributed by atoms with E-state index in [9.17, 15) is 19.5 Å². The lowest BCUT2D eigenvalue weighted by Crippen LogP contribution is -2.26. The zero-order valence-electron chi connectivity index (χ0n) is 14.3. The van der Waals surface area contributed by atoms with E-state index in [0.29, 0.717) is 10.9 Å². The molecule has 26 heavy (non-hydrogen) atoms. The number of ether oxygens (including phenoxy) is 1. The second kappa shape index (κ2) is 6.38. The second-order valence-electron chi connectivity index (χ2n) is 6.57. The Labute approximate surface area is 152 Å². The van der Waals surface area contributed by atoms with E-state index in [4.69, 9.17) is 4.74 Å². The molecule has 3 aromatic rings. The molecule has 134 valence electrons. The molecule has 8 heteroatoms. The van der Waals surface area contributed by atoms with E-state index in [0.717, 1.165) is 11.3 Å². The summed E-state index contributed by atoms with van der Waals surface area (Å²) in [7, 11) is 0. The van der Waals surface area contributed by atoms with E-state index in [-0.39, 0.29) is 16.1 Å². The van der Waals surface area contributed by atoms with Gasteiger partial charge in [0.25, 0.3) is 0 Å². The lowest BCUT2D eigenvalue weighted by Gasteiger charge is -2.19. The molecule has 0 aliphatic heterocycles. The summed E-state index contributed by atoms with van der Waals surface area (Å²) < 4.78 is 6.65. The first kappa shape index (κ1) is 17.8. The second-order valence-corrected chi connectivity index (χ2v) is 7.43. The third-order valence-corrected chi connectivity index (χ3v) is 4.35. The highest BCUT2D eigenvalue weighted by Gasteiger charge is 2.26. The molecule has 1 N–H and O–H groups in total. The topological polar surface area (TPSA) is 98.5 Å². The third-order valence-electron chi connectivity index (χ3n) is 3.52. The number of rotatable bonds is 3. The average molecular weight is 372 g/mol. The minimum atomic E-state index is -1.27. The third kappa shape index (κ3) is 3.23. The molecular weight excluding hydrogens is 356 g/mol. The predicted molar refractivity (Wildman–Crippen MR) is 96.1 cm³/mol. The lowest BCUT2D eigenvalue weighted by atomic mass is 10.1. The Morgan fingerprint density at radius 3 is 2.54 bits per heavy atom. The number of nitrogens with zero attached hydrogens (tertiary/aromatic N) is 2. The molecule has 0 saturated carbocycles. The molecule has 0 unspecified atom stereocenters. The van der Waals surface area contributed by atoms with Crippen molar-refractivity contribution < 1.29 is 24.2 Å². The monoisotopic (exact) mass is 372 g/mol. The van der Waals surface area contributed by atoms with Gasteiger partial charge >= 0.3 is 12.1 Å². The van der Waals surface area contributed by atoms with Gasteiger partial charge in [-0.15, -0.1) is 11.3 Å². The minimum Gasteiger partial charge on any atom is -0.476 e. The van der Waals surface area contributed by atoms with Crippen LogP contribution in [0.5, 0.6) is 0 Å². The van der Waals surface area contributed by atoms with Crippen molar-refractivity contribution in [3.8, 4) is 0 Å². The molecule has 0 spiro atoms. The summed E-state index contributed by atoms with van der Waals surface area (Å²) in [5.41, 5.74) is 1.05. The van der Waals surface area contributed by atoms with Gasteiger partial charge in [-0.1, -0.05) is 18.2 Å². The molecule has 2 aromatic heterocycles. The van der Waals surface area contributed by atoms with Crippen LogP contribution in [0.4, 0.5) is 4.79 Å². The van der Waals surface area contributed by atoms with Gasteiger partial charge in [-0.25, -0.2) is 14.6 Å². The molecule has 3 rings (SSSR count). The van der Waals surface area contributed by atoms with Gasteiger partial charge in [0.15, 0.2) is 5.69 Å². The summed E-state index contributed by atoms with van der Waals surface area (Å²) in [5.74, 6) is -1.77. The minimum absolute atomic E-state index is 0.0181. The summed E-state index contributed by atoms with van der Waals surface area (Å²) in [4.78, 5) is 40.4. The number of ketones is 1. The molecule has 0 aliphatic rings. The van der Waals surface area contributed by atoms with Crippen molar-refractivity contribution in [3.63, 3.8) is 0 Å². The van der Waals surface area contributed by atoms with Crippen molar-refractivity contribution in [1.82, 2.24) is 9.55 Å². The van der Waals surface area contributed by atoms with Crippen molar-refractivity contribution in [2.45, 2.75) is 26.4 Å². The fourth-order valence-electron chi connectivity index (χ4n) is 2.50. The normalized spacial score (nSPS) is 11.5. The Balaban J connectivity index is 2.13. The van der Waals surface area contributed by atoms with Crippen LogP contribution >= 0.6 is 11.3 Å². The fourth-order valence-corrected chi connectivity index (χ4v) is 3.24. The van der Waals surface area contributed by atoms with E-state index in [1.54, 1.807) is 45.0 Å². The van der Waals surface area contributed by atoms with Gasteiger partial charge in [-0.2, -0.15) is 0 Å². The molecule has 0 atom stereocenters. The van der Waals surface area contributed by atoms with Crippen LogP contribution in [-0.2, 0) is 4.74 Å².